The molecule has 2 rings (SSSR count). The van der Waals surface area contributed by atoms with Gasteiger partial charge in [0.25, 0.3) is 0 Å². The SMILES string of the molecule is O=C(O)CC#Cc1cccc(CN2CCCC2)c1. The number of carbonyl (C=O) groups is 1. The van der Waals surface area contributed by atoms with Crippen LogP contribution in [0.2, 0.25) is 0 Å². The fourth-order valence-corrected chi connectivity index (χ4v) is 2.17. The third-order valence-electron chi connectivity index (χ3n) is 3.00. The van der Waals surface area contributed by atoms with Gasteiger partial charge in [0.15, 0.2) is 0 Å². The Kier molecular flexibility index (Phi) is 4.38. The molecule has 0 saturated carbocycles. The van der Waals surface area contributed by atoms with E-state index in [-0.39, 0.29) is 6.42 Å². The molecule has 0 aromatic heterocycles. The summed E-state index contributed by atoms with van der Waals surface area (Å²) in [5.41, 5.74) is 2.15. The van der Waals surface area contributed by atoms with E-state index < -0.39 is 5.97 Å². The average molecular weight is 243 g/mol. The Morgan fingerprint density at radius 1 is 1.33 bits per heavy atom. The molecule has 3 heteroatoms. The molecule has 1 N–H and O–H groups in total. The predicted molar refractivity (Wildman–Crippen MR) is 70.1 cm³/mol. The van der Waals surface area contributed by atoms with Gasteiger partial charge in [0.05, 0.1) is 0 Å². The third-order valence-corrected chi connectivity index (χ3v) is 3.00. The van der Waals surface area contributed by atoms with E-state index in [2.05, 4.69) is 22.8 Å². The van der Waals surface area contributed by atoms with Crippen LogP contribution >= 0.6 is 0 Å². The number of aliphatic carboxylic acids is 1. The number of rotatable bonds is 3. The predicted octanol–water partition coefficient (Wildman–Crippen LogP) is 2.11. The maximum Gasteiger partial charge on any atom is 0.315 e. The molecule has 0 amide bonds. The molecule has 1 heterocycles. The maximum absolute atomic E-state index is 10.4. The van der Waals surface area contributed by atoms with E-state index in [4.69, 9.17) is 5.11 Å². The van der Waals surface area contributed by atoms with Gasteiger partial charge in [-0.15, -0.1) is 0 Å². The van der Waals surface area contributed by atoms with Crippen molar-refractivity contribution in [3.05, 3.63) is 35.4 Å². The van der Waals surface area contributed by atoms with Crippen molar-refractivity contribution in [2.45, 2.75) is 25.8 Å². The first-order chi connectivity index (χ1) is 8.74. The lowest BCUT2D eigenvalue weighted by Gasteiger charge is -2.14. The van der Waals surface area contributed by atoms with Gasteiger partial charge in [-0.1, -0.05) is 24.0 Å². The molecule has 18 heavy (non-hydrogen) atoms. The largest absolute Gasteiger partial charge is 0.481 e. The van der Waals surface area contributed by atoms with Crippen LogP contribution in [0.15, 0.2) is 24.3 Å². The van der Waals surface area contributed by atoms with Crippen LogP contribution in [-0.2, 0) is 11.3 Å². The lowest BCUT2D eigenvalue weighted by molar-refractivity contribution is -0.135. The summed E-state index contributed by atoms with van der Waals surface area (Å²) in [5.74, 6) is 4.67. The van der Waals surface area contributed by atoms with Gasteiger partial charge in [-0.25, -0.2) is 0 Å². The molecular formula is C15H17NO2. The summed E-state index contributed by atoms with van der Waals surface area (Å²) in [4.78, 5) is 12.8. The highest BCUT2D eigenvalue weighted by Crippen LogP contribution is 2.13. The number of carboxylic acid groups (broad SMARTS) is 1. The van der Waals surface area contributed by atoms with E-state index in [0.29, 0.717) is 0 Å². The molecule has 0 bridgehead atoms. The van der Waals surface area contributed by atoms with Gasteiger partial charge in [0, 0.05) is 12.1 Å². The van der Waals surface area contributed by atoms with Crippen molar-refractivity contribution in [3.63, 3.8) is 0 Å². The topological polar surface area (TPSA) is 40.5 Å². The summed E-state index contributed by atoms with van der Waals surface area (Å²) in [6, 6.07) is 8.05. The molecule has 1 saturated heterocycles. The molecule has 0 aliphatic carbocycles. The van der Waals surface area contributed by atoms with E-state index in [1.807, 2.05) is 18.2 Å². The first-order valence-corrected chi connectivity index (χ1v) is 6.26. The van der Waals surface area contributed by atoms with Crippen LogP contribution in [0.25, 0.3) is 0 Å². The highest BCUT2D eigenvalue weighted by atomic mass is 16.4. The second-order valence-electron chi connectivity index (χ2n) is 4.56. The molecule has 1 aromatic carbocycles. The monoisotopic (exact) mass is 243 g/mol. The van der Waals surface area contributed by atoms with Crippen molar-refractivity contribution >= 4 is 5.97 Å². The van der Waals surface area contributed by atoms with Crippen LogP contribution < -0.4 is 0 Å². The van der Waals surface area contributed by atoms with Crippen molar-refractivity contribution in [2.24, 2.45) is 0 Å². The maximum atomic E-state index is 10.4. The molecule has 0 spiro atoms. The number of likely N-dealkylation sites (tertiary alicyclic amines) is 1. The highest BCUT2D eigenvalue weighted by molar-refractivity contribution is 5.70. The van der Waals surface area contributed by atoms with Crippen LogP contribution in [-0.4, -0.2) is 29.1 Å². The average Bonchev–Trinajstić information content (AvgIpc) is 2.82. The van der Waals surface area contributed by atoms with Gasteiger partial charge in [-0.3, -0.25) is 9.69 Å². The number of benzene rings is 1. The summed E-state index contributed by atoms with van der Waals surface area (Å²) in [6.45, 7) is 3.32. The summed E-state index contributed by atoms with van der Waals surface area (Å²) in [6.07, 6.45) is 2.48. The minimum absolute atomic E-state index is 0.101. The Balaban J connectivity index is 1.99. The normalized spacial score (nSPS) is 15.1. The van der Waals surface area contributed by atoms with E-state index in [1.54, 1.807) is 0 Å². The smallest absolute Gasteiger partial charge is 0.315 e. The lowest BCUT2D eigenvalue weighted by atomic mass is 10.1. The second-order valence-corrected chi connectivity index (χ2v) is 4.56. The van der Waals surface area contributed by atoms with E-state index >= 15 is 0 Å². The molecular weight excluding hydrogens is 226 g/mol. The summed E-state index contributed by atoms with van der Waals surface area (Å²) >= 11 is 0. The lowest BCUT2D eigenvalue weighted by Crippen LogP contribution is -2.18. The Hall–Kier alpha value is -1.79. The second kappa shape index (κ2) is 6.23. The van der Waals surface area contributed by atoms with Crippen molar-refractivity contribution < 1.29 is 9.90 Å². The fraction of sp³-hybridized carbons (Fsp3) is 0.400. The quantitative estimate of drug-likeness (QED) is 0.827. The molecule has 3 nitrogen and oxygen atoms in total. The third kappa shape index (κ3) is 3.90. The molecule has 0 unspecified atom stereocenters. The van der Waals surface area contributed by atoms with Crippen LogP contribution in [0, 0.1) is 11.8 Å². The standard InChI is InChI=1S/C15H17NO2/c17-15(18)8-4-6-13-5-3-7-14(11-13)12-16-9-1-2-10-16/h3,5,7,11H,1-2,8-10,12H2,(H,17,18). The van der Waals surface area contributed by atoms with Gasteiger partial charge in [-0.2, -0.15) is 0 Å². The minimum Gasteiger partial charge on any atom is -0.481 e. The van der Waals surface area contributed by atoms with Crippen molar-refractivity contribution in [3.8, 4) is 11.8 Å². The van der Waals surface area contributed by atoms with E-state index in [1.165, 1.54) is 31.5 Å². The number of hydrogen-bond acceptors (Lipinski definition) is 2. The molecule has 1 aromatic rings. The van der Waals surface area contributed by atoms with Crippen molar-refractivity contribution in [2.75, 3.05) is 13.1 Å². The van der Waals surface area contributed by atoms with Gasteiger partial charge < -0.3 is 5.11 Å². The van der Waals surface area contributed by atoms with Crippen LogP contribution in [0.1, 0.15) is 30.4 Å². The summed E-state index contributed by atoms with van der Waals surface area (Å²) in [7, 11) is 0. The Morgan fingerprint density at radius 3 is 2.83 bits per heavy atom. The minimum atomic E-state index is -0.879. The van der Waals surface area contributed by atoms with Gasteiger partial charge >= 0.3 is 5.97 Å². The summed E-state index contributed by atoms with van der Waals surface area (Å²) in [5, 5.41) is 8.53. The number of hydrogen-bond donors (Lipinski definition) is 1. The Labute approximate surface area is 107 Å². The van der Waals surface area contributed by atoms with Gasteiger partial charge in [0.1, 0.15) is 6.42 Å². The molecule has 1 fully saturated rings. The van der Waals surface area contributed by atoms with Crippen LogP contribution in [0.4, 0.5) is 0 Å². The zero-order valence-corrected chi connectivity index (χ0v) is 10.4. The van der Waals surface area contributed by atoms with Gasteiger partial charge in [-0.05, 0) is 43.6 Å². The molecule has 1 aliphatic rings. The molecule has 94 valence electrons. The molecule has 0 radical (unpaired) electrons. The zero-order valence-electron chi connectivity index (χ0n) is 10.4. The van der Waals surface area contributed by atoms with E-state index in [9.17, 15) is 4.79 Å². The van der Waals surface area contributed by atoms with Gasteiger partial charge in [0.2, 0.25) is 0 Å². The summed E-state index contributed by atoms with van der Waals surface area (Å²) < 4.78 is 0. The molecule has 0 atom stereocenters. The Bertz CT molecular complexity index is 479. The molecule has 1 aliphatic heterocycles. The zero-order chi connectivity index (χ0) is 12.8. The Morgan fingerprint density at radius 2 is 2.11 bits per heavy atom. The first-order valence-electron chi connectivity index (χ1n) is 6.26. The fourth-order valence-electron chi connectivity index (χ4n) is 2.17. The van der Waals surface area contributed by atoms with Crippen molar-refractivity contribution in [1.82, 2.24) is 4.90 Å². The first kappa shape index (κ1) is 12.7. The van der Waals surface area contributed by atoms with Crippen molar-refractivity contribution in [1.29, 1.82) is 0 Å². The highest BCUT2D eigenvalue weighted by Gasteiger charge is 2.11. The van der Waals surface area contributed by atoms with E-state index in [0.717, 1.165) is 12.1 Å². The van der Waals surface area contributed by atoms with Crippen LogP contribution in [0.5, 0.6) is 0 Å². The number of carboxylic acids is 1. The van der Waals surface area contributed by atoms with Crippen LogP contribution in [0.3, 0.4) is 0 Å². The number of nitrogens with zero attached hydrogens (tertiary/aromatic N) is 1.